The summed E-state index contributed by atoms with van der Waals surface area (Å²) in [5.74, 6) is -1.58. The molecule has 2 heterocycles. The van der Waals surface area contributed by atoms with Gasteiger partial charge in [0, 0.05) is 27.4 Å². The Morgan fingerprint density at radius 1 is 0.968 bits per heavy atom. The summed E-state index contributed by atoms with van der Waals surface area (Å²) in [5.41, 5.74) is 6.08. The summed E-state index contributed by atoms with van der Waals surface area (Å²) in [6, 6.07) is 5.33. The summed E-state index contributed by atoms with van der Waals surface area (Å²) in [4.78, 5) is 7.09. The van der Waals surface area contributed by atoms with Crippen LogP contribution in [0.1, 0.15) is 0 Å². The highest BCUT2D eigenvalue weighted by Gasteiger charge is 2.21. The highest BCUT2D eigenvalue weighted by atomic mass is 79.9. The van der Waals surface area contributed by atoms with E-state index < -0.39 is 26.6 Å². The SMILES string of the molecule is COc1ncc(Br)cc1N.COc1ncc(Br)cc1NS(=O)(=O)c1ccc(F)cc1F. The van der Waals surface area contributed by atoms with Crippen LogP contribution in [-0.4, -0.2) is 32.6 Å². The molecule has 13 heteroatoms. The number of sulfonamides is 1. The third kappa shape index (κ3) is 6.74. The standard InChI is InChI=1S/C12H9BrF2N2O3S.C6H7BrN2O/c1-20-12-10(4-7(13)6-16-12)17-21(18,19)11-3-2-8(14)5-9(11)15;1-10-6-5(8)2-4(7)3-9-6/h2-6,17H,1H3;2-3H,8H2,1H3. The lowest BCUT2D eigenvalue weighted by molar-refractivity contribution is 0.400. The average Bonchev–Trinajstić information content (AvgIpc) is 2.68. The van der Waals surface area contributed by atoms with Gasteiger partial charge in [-0.3, -0.25) is 4.72 Å². The summed E-state index contributed by atoms with van der Waals surface area (Å²) in [7, 11) is -1.40. The molecule has 3 N–H and O–H groups in total. The molecule has 0 amide bonds. The molecule has 0 saturated carbocycles. The van der Waals surface area contributed by atoms with Gasteiger partial charge in [0.15, 0.2) is 0 Å². The molecule has 0 fully saturated rings. The third-order valence-electron chi connectivity index (χ3n) is 3.48. The zero-order chi connectivity index (χ0) is 23.2. The molecule has 0 saturated heterocycles. The van der Waals surface area contributed by atoms with Crippen LogP contribution in [0.15, 0.2) is 56.6 Å². The van der Waals surface area contributed by atoms with E-state index in [0.717, 1.165) is 16.6 Å². The van der Waals surface area contributed by atoms with E-state index in [0.29, 0.717) is 22.1 Å². The molecule has 0 atom stereocenters. The van der Waals surface area contributed by atoms with Gasteiger partial charge in [-0.2, -0.15) is 0 Å². The van der Waals surface area contributed by atoms with Crippen LogP contribution in [0.3, 0.4) is 0 Å². The predicted molar refractivity (Wildman–Crippen MR) is 119 cm³/mol. The fourth-order valence-electron chi connectivity index (χ4n) is 2.17. The van der Waals surface area contributed by atoms with Crippen LogP contribution >= 0.6 is 31.9 Å². The number of nitrogens with two attached hydrogens (primary N) is 1. The molecule has 0 radical (unpaired) electrons. The van der Waals surface area contributed by atoms with Crippen LogP contribution in [0.5, 0.6) is 11.8 Å². The third-order valence-corrected chi connectivity index (χ3v) is 5.74. The molecule has 0 aliphatic heterocycles. The van der Waals surface area contributed by atoms with Crippen molar-refractivity contribution in [1.29, 1.82) is 0 Å². The topological polar surface area (TPSA) is 116 Å². The highest BCUT2D eigenvalue weighted by Crippen LogP contribution is 2.28. The molecule has 1 aromatic carbocycles. The lowest BCUT2D eigenvalue weighted by atomic mass is 10.3. The Hall–Kier alpha value is -2.51. The minimum Gasteiger partial charge on any atom is -0.480 e. The molecule has 8 nitrogen and oxygen atoms in total. The Kier molecular flexibility index (Phi) is 8.53. The van der Waals surface area contributed by atoms with Gasteiger partial charge >= 0.3 is 0 Å². The molecule has 0 bridgehead atoms. The van der Waals surface area contributed by atoms with E-state index in [-0.39, 0.29) is 11.6 Å². The number of nitrogen functional groups attached to an aromatic ring is 1. The molecule has 0 aliphatic carbocycles. The highest BCUT2D eigenvalue weighted by molar-refractivity contribution is 9.10. The Labute approximate surface area is 194 Å². The number of hydrogen-bond donors (Lipinski definition) is 2. The minimum absolute atomic E-state index is 0.0179. The molecular weight excluding hydrogens is 566 g/mol. The maximum Gasteiger partial charge on any atom is 0.264 e. The molecule has 3 rings (SSSR count). The van der Waals surface area contributed by atoms with Gasteiger partial charge in [-0.15, -0.1) is 0 Å². The lowest BCUT2D eigenvalue weighted by Gasteiger charge is -2.11. The van der Waals surface area contributed by atoms with Crippen molar-refractivity contribution >= 4 is 53.3 Å². The van der Waals surface area contributed by atoms with Crippen LogP contribution in [0.25, 0.3) is 0 Å². The Balaban J connectivity index is 0.000000285. The fourth-order valence-corrected chi connectivity index (χ4v) is 3.96. The monoisotopic (exact) mass is 580 g/mol. The first-order valence-corrected chi connectivity index (χ1v) is 11.3. The summed E-state index contributed by atoms with van der Waals surface area (Å²) in [5, 5.41) is 0. The smallest absolute Gasteiger partial charge is 0.264 e. The first kappa shape index (κ1) is 24.8. The number of pyridine rings is 2. The molecule has 3 aromatic rings. The van der Waals surface area contributed by atoms with Crippen molar-refractivity contribution in [3.05, 3.63) is 63.3 Å². The number of aromatic nitrogens is 2. The second kappa shape index (κ2) is 10.7. The summed E-state index contributed by atoms with van der Waals surface area (Å²) in [6.45, 7) is 0. The molecular formula is C18H16Br2F2N4O4S. The maximum atomic E-state index is 13.6. The lowest BCUT2D eigenvalue weighted by Crippen LogP contribution is -2.15. The van der Waals surface area contributed by atoms with Gasteiger partial charge in [-0.1, -0.05) is 0 Å². The van der Waals surface area contributed by atoms with Gasteiger partial charge in [0.1, 0.15) is 22.2 Å². The van der Waals surface area contributed by atoms with Crippen molar-refractivity contribution < 1.29 is 26.7 Å². The van der Waals surface area contributed by atoms with E-state index in [1.54, 1.807) is 12.3 Å². The van der Waals surface area contributed by atoms with Gasteiger partial charge in [0.25, 0.3) is 10.0 Å². The Bertz CT molecular complexity index is 1180. The molecule has 0 spiro atoms. The second-order valence-electron chi connectivity index (χ2n) is 5.64. The van der Waals surface area contributed by atoms with Crippen molar-refractivity contribution in [2.75, 3.05) is 24.7 Å². The van der Waals surface area contributed by atoms with E-state index >= 15 is 0 Å². The van der Waals surface area contributed by atoms with Crippen LogP contribution in [0, 0.1) is 11.6 Å². The van der Waals surface area contributed by atoms with Crippen molar-refractivity contribution in [1.82, 2.24) is 9.97 Å². The number of hydrogen-bond acceptors (Lipinski definition) is 7. The Morgan fingerprint density at radius 2 is 1.55 bits per heavy atom. The van der Waals surface area contributed by atoms with Crippen LogP contribution in [0.4, 0.5) is 20.2 Å². The quantitative estimate of drug-likeness (QED) is 0.459. The van der Waals surface area contributed by atoms with E-state index in [1.807, 2.05) is 0 Å². The van der Waals surface area contributed by atoms with Gasteiger partial charge in [0.2, 0.25) is 11.8 Å². The van der Waals surface area contributed by atoms with Gasteiger partial charge in [-0.25, -0.2) is 27.2 Å². The number of benzene rings is 1. The number of methoxy groups -OCH3 is 2. The van der Waals surface area contributed by atoms with Crippen LogP contribution in [0.2, 0.25) is 0 Å². The van der Waals surface area contributed by atoms with Gasteiger partial charge in [0.05, 0.1) is 19.9 Å². The molecule has 2 aromatic heterocycles. The number of ether oxygens (including phenoxy) is 2. The summed E-state index contributed by atoms with van der Waals surface area (Å²) >= 11 is 6.36. The van der Waals surface area contributed by atoms with Gasteiger partial charge in [-0.05, 0) is 56.1 Å². The predicted octanol–water partition coefficient (Wildman–Crippen LogP) is 4.37. The first-order valence-electron chi connectivity index (χ1n) is 8.19. The first-order chi connectivity index (χ1) is 14.6. The largest absolute Gasteiger partial charge is 0.480 e. The zero-order valence-electron chi connectivity index (χ0n) is 16.1. The normalized spacial score (nSPS) is 10.6. The maximum absolute atomic E-state index is 13.6. The van der Waals surface area contributed by atoms with E-state index in [1.165, 1.54) is 26.5 Å². The molecule has 0 aliphatic rings. The average molecular weight is 582 g/mol. The van der Waals surface area contributed by atoms with Crippen LogP contribution in [-0.2, 0) is 10.0 Å². The number of nitrogens with zero attached hydrogens (tertiary/aromatic N) is 2. The zero-order valence-corrected chi connectivity index (χ0v) is 20.1. The number of anilines is 2. The van der Waals surface area contributed by atoms with E-state index in [2.05, 4.69) is 46.5 Å². The number of nitrogens with one attached hydrogen (secondary N) is 1. The second-order valence-corrected chi connectivity index (χ2v) is 9.12. The van der Waals surface area contributed by atoms with Crippen LogP contribution < -0.4 is 19.9 Å². The van der Waals surface area contributed by atoms with Gasteiger partial charge < -0.3 is 15.2 Å². The Morgan fingerprint density at radius 3 is 2.10 bits per heavy atom. The van der Waals surface area contributed by atoms with Crippen molar-refractivity contribution in [3.63, 3.8) is 0 Å². The van der Waals surface area contributed by atoms with E-state index in [4.69, 9.17) is 15.2 Å². The number of rotatable bonds is 5. The summed E-state index contributed by atoms with van der Waals surface area (Å²) < 4.78 is 64.0. The van der Waals surface area contributed by atoms with Crippen molar-refractivity contribution in [2.45, 2.75) is 4.90 Å². The van der Waals surface area contributed by atoms with Crippen molar-refractivity contribution in [3.8, 4) is 11.8 Å². The van der Waals surface area contributed by atoms with E-state index in [9.17, 15) is 17.2 Å². The molecule has 31 heavy (non-hydrogen) atoms. The van der Waals surface area contributed by atoms with Crippen molar-refractivity contribution in [2.24, 2.45) is 0 Å². The molecule has 0 unspecified atom stereocenters. The number of halogens is 4. The minimum atomic E-state index is -4.24. The molecule has 166 valence electrons. The fraction of sp³-hybridized carbons (Fsp3) is 0.111. The summed E-state index contributed by atoms with van der Waals surface area (Å²) in [6.07, 6.45) is 3.05.